The van der Waals surface area contributed by atoms with Crippen LogP contribution in [0.3, 0.4) is 0 Å². The lowest BCUT2D eigenvalue weighted by Crippen LogP contribution is -2.32. The first-order valence-corrected chi connectivity index (χ1v) is 8.45. The molecule has 29 heavy (non-hydrogen) atoms. The Balaban J connectivity index is 1.35. The standard InChI is InChI=1S/C18H13F4N3O4/c19-11-3-9(4-12(20)17(11)28-18(21)22)8-1-10(2-8)27-16-7-23-13(6-24-16)14-5-15(26)25-29-14/h3-8,10,18H,1-2H2,(H,25,26)/p-1. The van der Waals surface area contributed by atoms with E-state index in [2.05, 4.69) is 19.9 Å². The first-order valence-electron chi connectivity index (χ1n) is 8.45. The topological polar surface area (TPSA) is 93.3 Å². The van der Waals surface area contributed by atoms with Crippen LogP contribution in [0.1, 0.15) is 24.3 Å². The highest BCUT2D eigenvalue weighted by molar-refractivity contribution is 5.51. The van der Waals surface area contributed by atoms with Gasteiger partial charge in [0.1, 0.15) is 11.8 Å². The Bertz CT molecular complexity index is 984. The van der Waals surface area contributed by atoms with Crippen molar-refractivity contribution in [2.45, 2.75) is 31.5 Å². The summed E-state index contributed by atoms with van der Waals surface area (Å²) >= 11 is 0. The third-order valence-corrected chi connectivity index (χ3v) is 4.45. The molecule has 11 heteroatoms. The Kier molecular flexibility index (Phi) is 4.95. The first-order chi connectivity index (χ1) is 13.9. The van der Waals surface area contributed by atoms with Crippen molar-refractivity contribution in [3.8, 4) is 29.0 Å². The van der Waals surface area contributed by atoms with E-state index < -0.39 is 29.9 Å². The smallest absolute Gasteiger partial charge is 0.387 e. The monoisotopic (exact) mass is 410 g/mol. The summed E-state index contributed by atoms with van der Waals surface area (Å²) in [5.74, 6) is -3.76. The summed E-state index contributed by atoms with van der Waals surface area (Å²) in [7, 11) is 0. The molecule has 1 saturated carbocycles. The first kappa shape index (κ1) is 19.0. The van der Waals surface area contributed by atoms with Crippen LogP contribution < -0.4 is 14.6 Å². The Labute approximate surface area is 160 Å². The maximum atomic E-state index is 13.8. The number of benzene rings is 1. The van der Waals surface area contributed by atoms with Crippen LogP contribution in [0, 0.1) is 11.6 Å². The van der Waals surface area contributed by atoms with Crippen molar-refractivity contribution in [2.75, 3.05) is 0 Å². The van der Waals surface area contributed by atoms with E-state index in [0.717, 1.165) is 12.1 Å². The van der Waals surface area contributed by atoms with Crippen molar-refractivity contribution in [1.82, 2.24) is 15.1 Å². The summed E-state index contributed by atoms with van der Waals surface area (Å²) in [6, 6.07) is 3.15. The average Bonchev–Trinajstić information content (AvgIpc) is 3.07. The van der Waals surface area contributed by atoms with Gasteiger partial charge >= 0.3 is 6.61 Å². The van der Waals surface area contributed by atoms with Crippen molar-refractivity contribution < 1.29 is 36.7 Å². The van der Waals surface area contributed by atoms with Gasteiger partial charge in [-0.25, -0.2) is 18.7 Å². The largest absolute Gasteiger partial charge is 0.856 e. The van der Waals surface area contributed by atoms with Gasteiger partial charge in [-0.3, -0.25) is 0 Å². The molecular formula is C18H12F4N3O4-. The van der Waals surface area contributed by atoms with E-state index in [0.29, 0.717) is 24.1 Å². The van der Waals surface area contributed by atoms with E-state index in [1.54, 1.807) is 0 Å². The van der Waals surface area contributed by atoms with Gasteiger partial charge in [0.05, 0.1) is 12.4 Å². The molecule has 0 bridgehead atoms. The van der Waals surface area contributed by atoms with Gasteiger partial charge in [0.2, 0.25) is 5.88 Å². The predicted octanol–water partition coefficient (Wildman–Crippen LogP) is 3.41. The van der Waals surface area contributed by atoms with Gasteiger partial charge in [-0.1, -0.05) is 5.16 Å². The number of hydrogen-bond donors (Lipinski definition) is 0. The quantitative estimate of drug-likeness (QED) is 0.575. The summed E-state index contributed by atoms with van der Waals surface area (Å²) < 4.78 is 66.4. The molecule has 0 radical (unpaired) electrons. The van der Waals surface area contributed by atoms with Crippen molar-refractivity contribution >= 4 is 0 Å². The van der Waals surface area contributed by atoms with Crippen LogP contribution in [-0.4, -0.2) is 27.8 Å². The van der Waals surface area contributed by atoms with E-state index in [1.165, 1.54) is 18.5 Å². The number of rotatable bonds is 6. The summed E-state index contributed by atoms with van der Waals surface area (Å²) in [6.07, 6.45) is 3.38. The number of halogens is 4. The van der Waals surface area contributed by atoms with Crippen molar-refractivity contribution in [2.24, 2.45) is 0 Å². The summed E-state index contributed by atoms with van der Waals surface area (Å²) in [6.45, 7) is -3.31. The maximum Gasteiger partial charge on any atom is 0.387 e. The van der Waals surface area contributed by atoms with Gasteiger partial charge in [-0.2, -0.15) is 8.78 Å². The molecule has 2 heterocycles. The minimum Gasteiger partial charge on any atom is -0.856 e. The number of aromatic nitrogens is 3. The lowest BCUT2D eigenvalue weighted by Gasteiger charge is -2.35. The van der Waals surface area contributed by atoms with E-state index in [1.807, 2.05) is 0 Å². The second kappa shape index (κ2) is 7.57. The molecule has 0 spiro atoms. The average molecular weight is 410 g/mol. The lowest BCUT2D eigenvalue weighted by atomic mass is 9.77. The second-order valence-corrected chi connectivity index (χ2v) is 6.37. The lowest BCUT2D eigenvalue weighted by molar-refractivity contribution is -0.277. The van der Waals surface area contributed by atoms with Crippen LogP contribution in [0.25, 0.3) is 11.5 Å². The molecule has 1 aliphatic carbocycles. The molecule has 152 valence electrons. The minimum absolute atomic E-state index is 0.182. The highest BCUT2D eigenvalue weighted by Gasteiger charge is 2.34. The Morgan fingerprint density at radius 3 is 2.34 bits per heavy atom. The molecule has 0 N–H and O–H groups in total. The molecule has 4 rings (SSSR count). The number of alkyl halides is 2. The number of nitrogens with zero attached hydrogens (tertiary/aromatic N) is 3. The third kappa shape index (κ3) is 4.08. The van der Waals surface area contributed by atoms with Crippen LogP contribution in [0.2, 0.25) is 0 Å². The van der Waals surface area contributed by atoms with Gasteiger partial charge in [-0.15, -0.1) is 0 Å². The molecule has 3 aromatic rings. The molecule has 0 aliphatic heterocycles. The number of hydrogen-bond acceptors (Lipinski definition) is 7. The molecule has 7 nitrogen and oxygen atoms in total. The SMILES string of the molecule is [O-]c1cc(-c2cnc(OC3CC(c4cc(F)c(OC(F)F)c(F)c4)C3)cn2)on1. The fraction of sp³-hybridized carbons (Fsp3) is 0.278. The van der Waals surface area contributed by atoms with Crippen LogP contribution in [0.4, 0.5) is 17.6 Å². The molecule has 1 aromatic carbocycles. The van der Waals surface area contributed by atoms with Gasteiger partial charge in [0.25, 0.3) is 0 Å². The van der Waals surface area contributed by atoms with Crippen LogP contribution in [0.15, 0.2) is 35.1 Å². The molecular weight excluding hydrogens is 398 g/mol. The molecule has 0 unspecified atom stereocenters. The Morgan fingerprint density at radius 1 is 1.07 bits per heavy atom. The van der Waals surface area contributed by atoms with E-state index in [4.69, 9.17) is 9.26 Å². The Morgan fingerprint density at radius 2 is 1.79 bits per heavy atom. The number of ether oxygens (including phenoxy) is 2. The van der Waals surface area contributed by atoms with E-state index >= 15 is 0 Å². The molecule has 1 fully saturated rings. The molecule has 1 aliphatic rings. The van der Waals surface area contributed by atoms with Gasteiger partial charge in [0.15, 0.2) is 23.1 Å². The predicted molar refractivity (Wildman–Crippen MR) is 86.4 cm³/mol. The zero-order chi connectivity index (χ0) is 20.5. The van der Waals surface area contributed by atoms with Crippen LogP contribution >= 0.6 is 0 Å². The normalized spacial score (nSPS) is 18.5. The van der Waals surface area contributed by atoms with Gasteiger partial charge in [0, 0.05) is 11.9 Å². The second-order valence-electron chi connectivity index (χ2n) is 6.37. The molecule has 0 atom stereocenters. The third-order valence-electron chi connectivity index (χ3n) is 4.45. The minimum atomic E-state index is -3.31. The zero-order valence-corrected chi connectivity index (χ0v) is 14.5. The van der Waals surface area contributed by atoms with Crippen molar-refractivity contribution in [3.63, 3.8) is 0 Å². The molecule has 0 saturated heterocycles. The summed E-state index contributed by atoms with van der Waals surface area (Å²) in [5.41, 5.74) is 0.650. The molecule has 0 amide bonds. The molecule has 2 aromatic heterocycles. The fourth-order valence-electron chi connectivity index (χ4n) is 3.01. The zero-order valence-electron chi connectivity index (χ0n) is 14.5. The van der Waals surface area contributed by atoms with Gasteiger partial charge in [-0.05, 0) is 36.5 Å². The van der Waals surface area contributed by atoms with E-state index in [9.17, 15) is 22.7 Å². The fourth-order valence-corrected chi connectivity index (χ4v) is 3.01. The summed E-state index contributed by atoms with van der Waals surface area (Å²) in [5, 5.41) is 14.2. The van der Waals surface area contributed by atoms with Gasteiger partial charge < -0.3 is 19.1 Å². The maximum absolute atomic E-state index is 13.8. The highest BCUT2D eigenvalue weighted by Crippen LogP contribution is 2.40. The van der Waals surface area contributed by atoms with Crippen LogP contribution in [0.5, 0.6) is 17.5 Å². The van der Waals surface area contributed by atoms with E-state index in [-0.39, 0.29) is 23.7 Å². The van der Waals surface area contributed by atoms with Crippen molar-refractivity contribution in [3.05, 3.63) is 47.8 Å². The van der Waals surface area contributed by atoms with Crippen molar-refractivity contribution in [1.29, 1.82) is 0 Å². The summed E-state index contributed by atoms with van der Waals surface area (Å²) in [4.78, 5) is 8.14. The Hall–Kier alpha value is -3.37. The van der Waals surface area contributed by atoms with Crippen LogP contribution in [-0.2, 0) is 0 Å². The highest BCUT2D eigenvalue weighted by atomic mass is 19.3.